The molecule has 1 N–H and O–H groups in total. The highest BCUT2D eigenvalue weighted by atomic mass is 35.5. The van der Waals surface area contributed by atoms with Gasteiger partial charge in [0.2, 0.25) is 6.20 Å². The van der Waals surface area contributed by atoms with Gasteiger partial charge in [-0.15, -0.1) is 0 Å². The molecular formula is C25H19ClN2O2. The van der Waals surface area contributed by atoms with Gasteiger partial charge in [0.15, 0.2) is 5.69 Å². The van der Waals surface area contributed by atoms with Crippen LogP contribution in [0.3, 0.4) is 0 Å². The first-order valence-electron chi connectivity index (χ1n) is 9.48. The fourth-order valence-corrected chi connectivity index (χ4v) is 3.42. The molecule has 0 aliphatic heterocycles. The number of nitrogens with one attached hydrogen (secondary N) is 1. The molecule has 0 radical (unpaired) electrons. The number of amides is 1. The van der Waals surface area contributed by atoms with Crippen LogP contribution in [0.1, 0.15) is 16.1 Å². The quantitative estimate of drug-likeness (QED) is 0.335. The Morgan fingerprint density at radius 1 is 0.867 bits per heavy atom. The highest BCUT2D eigenvalue weighted by Gasteiger charge is 2.12. The van der Waals surface area contributed by atoms with Crippen LogP contribution in [-0.4, -0.2) is 5.91 Å². The van der Waals surface area contributed by atoms with Crippen molar-refractivity contribution in [1.29, 1.82) is 0 Å². The molecule has 148 valence electrons. The number of pyridine rings is 1. The molecule has 0 aliphatic carbocycles. The normalized spacial score (nSPS) is 10.6. The maximum Gasteiger partial charge on any atom is 0.255 e. The molecule has 0 atom stereocenters. The molecule has 0 unspecified atom stereocenters. The third kappa shape index (κ3) is 4.19. The van der Waals surface area contributed by atoms with E-state index in [0.717, 1.165) is 27.0 Å². The van der Waals surface area contributed by atoms with E-state index < -0.39 is 0 Å². The van der Waals surface area contributed by atoms with E-state index in [9.17, 15) is 10.0 Å². The second kappa shape index (κ2) is 8.39. The third-order valence-corrected chi connectivity index (χ3v) is 5.23. The molecule has 0 saturated carbocycles. The van der Waals surface area contributed by atoms with Crippen molar-refractivity contribution < 1.29 is 9.52 Å². The van der Waals surface area contributed by atoms with Crippen molar-refractivity contribution in [3.63, 3.8) is 0 Å². The van der Waals surface area contributed by atoms with Crippen LogP contribution in [0, 0.1) is 12.1 Å². The number of benzene rings is 3. The molecular weight excluding hydrogens is 396 g/mol. The predicted octanol–water partition coefficient (Wildman–Crippen LogP) is 5.87. The SMILES string of the molecule is Cc1ccc(NC(=O)c2ccc(Cl)c(-c3ccc(-c4ccccc4)cc3)c2)c[n+]1[O-]. The fourth-order valence-electron chi connectivity index (χ4n) is 3.19. The Balaban J connectivity index is 1.60. The summed E-state index contributed by atoms with van der Waals surface area (Å²) >= 11 is 6.41. The van der Waals surface area contributed by atoms with Gasteiger partial charge in [0, 0.05) is 29.1 Å². The molecule has 30 heavy (non-hydrogen) atoms. The zero-order chi connectivity index (χ0) is 21.1. The number of halogens is 1. The molecule has 0 spiro atoms. The predicted molar refractivity (Wildman–Crippen MR) is 120 cm³/mol. The number of carbonyl (C=O) groups excluding carboxylic acids is 1. The minimum absolute atomic E-state index is 0.308. The second-order valence-electron chi connectivity index (χ2n) is 6.98. The zero-order valence-electron chi connectivity index (χ0n) is 16.3. The highest BCUT2D eigenvalue weighted by molar-refractivity contribution is 6.33. The van der Waals surface area contributed by atoms with Gasteiger partial charge in [0.25, 0.3) is 5.91 Å². The maximum absolute atomic E-state index is 12.7. The average molecular weight is 415 g/mol. The van der Waals surface area contributed by atoms with Crippen LogP contribution in [0.2, 0.25) is 5.02 Å². The number of aryl methyl sites for hydroxylation is 1. The van der Waals surface area contributed by atoms with Gasteiger partial charge in [-0.25, -0.2) is 0 Å². The van der Waals surface area contributed by atoms with Crippen molar-refractivity contribution >= 4 is 23.2 Å². The van der Waals surface area contributed by atoms with E-state index in [2.05, 4.69) is 17.4 Å². The van der Waals surface area contributed by atoms with E-state index in [1.165, 1.54) is 6.20 Å². The molecule has 0 saturated heterocycles. The lowest BCUT2D eigenvalue weighted by atomic mass is 9.99. The fraction of sp³-hybridized carbons (Fsp3) is 0.0400. The first kappa shape index (κ1) is 19.7. The van der Waals surface area contributed by atoms with Gasteiger partial charge in [-0.1, -0.05) is 66.2 Å². The van der Waals surface area contributed by atoms with Crippen LogP contribution in [0.15, 0.2) is 91.1 Å². The van der Waals surface area contributed by atoms with Crippen molar-refractivity contribution in [3.8, 4) is 22.3 Å². The number of rotatable bonds is 4. The van der Waals surface area contributed by atoms with Crippen molar-refractivity contribution in [2.75, 3.05) is 5.32 Å². The van der Waals surface area contributed by atoms with E-state index in [1.54, 1.807) is 37.3 Å². The Hall–Kier alpha value is -3.63. The molecule has 5 heteroatoms. The molecule has 0 fully saturated rings. The smallest absolute Gasteiger partial charge is 0.255 e. The lowest BCUT2D eigenvalue weighted by molar-refractivity contribution is -0.611. The van der Waals surface area contributed by atoms with Crippen molar-refractivity contribution in [2.24, 2.45) is 0 Å². The summed E-state index contributed by atoms with van der Waals surface area (Å²) in [5.41, 5.74) is 5.38. The molecule has 3 aromatic carbocycles. The van der Waals surface area contributed by atoms with Crippen molar-refractivity contribution in [2.45, 2.75) is 6.92 Å². The van der Waals surface area contributed by atoms with Crippen LogP contribution in [0.5, 0.6) is 0 Å². The summed E-state index contributed by atoms with van der Waals surface area (Å²) in [5, 5.41) is 15.0. The first-order valence-corrected chi connectivity index (χ1v) is 9.85. The van der Waals surface area contributed by atoms with Gasteiger partial charge in [0.1, 0.15) is 5.69 Å². The van der Waals surface area contributed by atoms with E-state index >= 15 is 0 Å². The summed E-state index contributed by atoms with van der Waals surface area (Å²) in [6, 6.07) is 26.7. The molecule has 4 aromatic rings. The molecule has 0 aliphatic rings. The van der Waals surface area contributed by atoms with E-state index in [1.807, 2.05) is 42.5 Å². The number of anilines is 1. The highest BCUT2D eigenvalue weighted by Crippen LogP contribution is 2.31. The van der Waals surface area contributed by atoms with Gasteiger partial charge in [0.05, 0.1) is 0 Å². The van der Waals surface area contributed by atoms with Crippen molar-refractivity contribution in [1.82, 2.24) is 0 Å². The zero-order valence-corrected chi connectivity index (χ0v) is 17.1. The number of carbonyl (C=O) groups is 1. The topological polar surface area (TPSA) is 56.0 Å². The van der Waals surface area contributed by atoms with Crippen molar-refractivity contribution in [3.05, 3.63) is 113 Å². The summed E-state index contributed by atoms with van der Waals surface area (Å²) in [6.07, 6.45) is 1.34. The van der Waals surface area contributed by atoms with Crippen LogP contribution < -0.4 is 10.0 Å². The summed E-state index contributed by atoms with van der Waals surface area (Å²) in [5.74, 6) is -0.308. The Morgan fingerprint density at radius 3 is 2.23 bits per heavy atom. The Kier molecular flexibility index (Phi) is 5.50. The molecule has 1 aromatic heterocycles. The van der Waals surface area contributed by atoms with Gasteiger partial charge >= 0.3 is 0 Å². The van der Waals surface area contributed by atoms with E-state index in [0.29, 0.717) is 22.0 Å². The monoisotopic (exact) mass is 414 g/mol. The second-order valence-corrected chi connectivity index (χ2v) is 7.38. The standard InChI is InChI=1S/C25H19ClN2O2/c1-17-7-13-22(16-28(17)30)27-25(29)21-12-14-24(26)23(15-21)20-10-8-19(9-11-20)18-5-3-2-4-6-18/h2-16H,1H3,(H,27,29). The van der Waals surface area contributed by atoms with Gasteiger partial charge in [-0.2, -0.15) is 4.73 Å². The number of aromatic nitrogens is 1. The maximum atomic E-state index is 12.7. The summed E-state index contributed by atoms with van der Waals surface area (Å²) in [6.45, 7) is 1.70. The molecule has 1 heterocycles. The van der Waals surface area contributed by atoms with Crippen LogP contribution in [0.25, 0.3) is 22.3 Å². The number of hydrogen-bond acceptors (Lipinski definition) is 2. The van der Waals surface area contributed by atoms with Crippen LogP contribution >= 0.6 is 11.6 Å². The summed E-state index contributed by atoms with van der Waals surface area (Å²) in [7, 11) is 0. The third-order valence-electron chi connectivity index (χ3n) is 4.90. The first-order chi connectivity index (χ1) is 14.5. The molecule has 4 rings (SSSR count). The van der Waals surface area contributed by atoms with Gasteiger partial charge in [-0.05, 0) is 41.0 Å². The van der Waals surface area contributed by atoms with Gasteiger partial charge < -0.3 is 10.5 Å². The molecule has 4 nitrogen and oxygen atoms in total. The molecule has 1 amide bonds. The van der Waals surface area contributed by atoms with Gasteiger partial charge in [-0.3, -0.25) is 4.79 Å². The summed E-state index contributed by atoms with van der Waals surface area (Å²) < 4.78 is 0.719. The van der Waals surface area contributed by atoms with E-state index in [4.69, 9.17) is 11.6 Å². The minimum Gasteiger partial charge on any atom is -0.618 e. The Bertz CT molecular complexity index is 1210. The Labute approximate surface area is 180 Å². The number of hydrogen-bond donors (Lipinski definition) is 1. The number of nitrogens with zero attached hydrogens (tertiary/aromatic N) is 1. The minimum atomic E-state index is -0.308. The van der Waals surface area contributed by atoms with E-state index in [-0.39, 0.29) is 5.91 Å². The lowest BCUT2D eigenvalue weighted by Crippen LogP contribution is -2.30. The summed E-state index contributed by atoms with van der Waals surface area (Å²) in [4.78, 5) is 12.7. The lowest BCUT2D eigenvalue weighted by Gasteiger charge is -2.10. The average Bonchev–Trinajstić information content (AvgIpc) is 2.77. The van der Waals surface area contributed by atoms with Crippen LogP contribution in [-0.2, 0) is 0 Å². The largest absolute Gasteiger partial charge is 0.618 e. The van der Waals surface area contributed by atoms with Crippen LogP contribution in [0.4, 0.5) is 5.69 Å². The Morgan fingerprint density at radius 2 is 1.53 bits per heavy atom. The molecule has 0 bridgehead atoms.